The minimum Gasteiger partial charge on any atom is -0.791 e. The van der Waals surface area contributed by atoms with Gasteiger partial charge >= 0.3 is 51.4 Å². The molecule has 52 valence electrons. The molecular formula is C4H10BrKO3. The molecule has 1 N–H and O–H groups in total. The Hall–Kier alpha value is 2.00. The van der Waals surface area contributed by atoms with E-state index in [1.807, 2.05) is 0 Å². The van der Waals surface area contributed by atoms with Crippen LogP contribution in [0.25, 0.3) is 0 Å². The first-order chi connectivity index (χ1) is 3.56. The molecule has 0 aliphatic heterocycles. The van der Waals surface area contributed by atoms with E-state index in [4.69, 9.17) is 9.46 Å². The minimum absolute atomic E-state index is 0. The molecule has 0 rings (SSSR count). The van der Waals surface area contributed by atoms with Gasteiger partial charge in [-0.3, -0.25) is 5.26 Å². The Bertz CT molecular complexity index is 45.6. The zero-order valence-corrected chi connectivity index (χ0v) is 10.9. The average molecular weight is 225 g/mol. The normalized spacial score (nSPS) is 8.67. The van der Waals surface area contributed by atoms with Crippen LogP contribution in [0.5, 0.6) is 0 Å². The number of hydrogen-bond donors (Lipinski definition) is 1. The summed E-state index contributed by atoms with van der Waals surface area (Å²) >= 11 is 1.69. The van der Waals surface area contributed by atoms with Gasteiger partial charge in [0.25, 0.3) is 0 Å². The van der Waals surface area contributed by atoms with Crippen molar-refractivity contribution in [3.63, 3.8) is 0 Å². The van der Waals surface area contributed by atoms with Crippen molar-refractivity contribution in [2.45, 2.75) is 26.4 Å². The summed E-state index contributed by atoms with van der Waals surface area (Å²) in [4.78, 5) is 3.94. The van der Waals surface area contributed by atoms with Crippen LogP contribution in [-0.2, 0) is 4.89 Å². The predicted molar refractivity (Wildman–Crippen MR) is 32.4 cm³/mol. The summed E-state index contributed by atoms with van der Waals surface area (Å²) in [6.45, 7) is 5.31. The Labute approximate surface area is 107 Å². The van der Waals surface area contributed by atoms with Crippen molar-refractivity contribution >= 4 is 16.3 Å². The quantitative estimate of drug-likeness (QED) is 0.293. The average Bonchev–Trinajstić information content (AvgIpc) is 1.71. The largest absolute Gasteiger partial charge is 1.00 e. The van der Waals surface area contributed by atoms with Crippen LogP contribution in [0.2, 0.25) is 0 Å². The van der Waals surface area contributed by atoms with E-state index in [-0.39, 0.29) is 51.4 Å². The van der Waals surface area contributed by atoms with Gasteiger partial charge in [0.1, 0.15) is 0 Å². The zero-order chi connectivity index (χ0) is 7.21. The number of hydrogen-bond acceptors (Lipinski definition) is 3. The fourth-order valence-corrected chi connectivity index (χ4v) is 0. The van der Waals surface area contributed by atoms with Crippen LogP contribution in [0.3, 0.4) is 0 Å². The van der Waals surface area contributed by atoms with Gasteiger partial charge in [-0.2, -0.15) is 0 Å². The predicted octanol–water partition coefficient (Wildman–Crippen LogP) is -2.06. The molecule has 0 saturated heterocycles. The van der Waals surface area contributed by atoms with Gasteiger partial charge in [0, 0.05) is 0 Å². The van der Waals surface area contributed by atoms with Gasteiger partial charge in [-0.15, -0.1) is 0 Å². The first-order valence-corrected chi connectivity index (χ1v) is 2.69. The van der Waals surface area contributed by atoms with Crippen molar-refractivity contribution in [2.24, 2.45) is 0 Å². The minimum atomic E-state index is -0.403. The molecule has 0 bridgehead atoms. The number of halogens is 1. The summed E-state index contributed by atoms with van der Waals surface area (Å²) in [6.07, 6.45) is 0. The van der Waals surface area contributed by atoms with Crippen LogP contribution in [0.15, 0.2) is 0 Å². The molecular weight excluding hydrogens is 215 g/mol. The van der Waals surface area contributed by atoms with Crippen molar-refractivity contribution in [1.29, 1.82) is 0 Å². The van der Waals surface area contributed by atoms with E-state index in [2.05, 4.69) is 4.89 Å². The first-order valence-electron chi connectivity index (χ1n) is 2.04. The molecule has 0 aromatic carbocycles. The second-order valence-corrected chi connectivity index (χ2v) is 2.20. The van der Waals surface area contributed by atoms with E-state index in [1.54, 1.807) is 37.0 Å². The monoisotopic (exact) mass is 224 g/mol. The van der Waals surface area contributed by atoms with Gasteiger partial charge in [0.15, 0.2) is 0 Å². The van der Waals surface area contributed by atoms with Gasteiger partial charge in [0.05, 0.1) is 5.60 Å². The van der Waals surface area contributed by atoms with Gasteiger partial charge < -0.3 is 4.20 Å². The van der Waals surface area contributed by atoms with E-state index < -0.39 is 5.60 Å². The second-order valence-electron chi connectivity index (χ2n) is 2.20. The molecule has 0 aromatic heterocycles. The number of rotatable bonds is 0. The summed E-state index contributed by atoms with van der Waals surface area (Å²) in [5, 5.41) is 7.90. The van der Waals surface area contributed by atoms with Gasteiger partial charge in [-0.1, -0.05) is 0 Å². The summed E-state index contributed by atoms with van der Waals surface area (Å²) < 4.78 is 8.06. The van der Waals surface area contributed by atoms with Crippen molar-refractivity contribution in [3.8, 4) is 0 Å². The van der Waals surface area contributed by atoms with Crippen molar-refractivity contribution in [2.75, 3.05) is 0 Å². The van der Waals surface area contributed by atoms with E-state index in [0.717, 1.165) is 0 Å². The van der Waals surface area contributed by atoms with Crippen molar-refractivity contribution < 1.29 is 65.7 Å². The molecule has 0 heterocycles. The molecule has 0 aromatic rings. The van der Waals surface area contributed by atoms with E-state index in [0.29, 0.717) is 0 Å². The zero-order valence-electron chi connectivity index (χ0n) is 6.14. The molecule has 0 unspecified atom stereocenters. The third-order valence-electron chi connectivity index (χ3n) is 0.274. The third-order valence-corrected chi connectivity index (χ3v) is 0.274. The Morgan fingerprint density at radius 2 is 1.44 bits per heavy atom. The molecule has 0 aliphatic carbocycles. The first kappa shape index (κ1) is 17.2. The molecule has 0 aliphatic rings. The van der Waals surface area contributed by atoms with Crippen LogP contribution in [0.1, 0.15) is 20.8 Å². The van der Waals surface area contributed by atoms with Crippen LogP contribution < -0.4 is 55.6 Å². The standard InChI is InChI=1S/C4H10O2.BrO.K/c1-4(2,3)6-5;1-2;/h5H,1-3H3;;/q;-1;+1. The van der Waals surface area contributed by atoms with Crippen LogP contribution in [-0.4, -0.2) is 10.9 Å². The maximum absolute atomic E-state index is 8.06. The van der Waals surface area contributed by atoms with E-state index in [1.165, 1.54) is 0 Å². The summed E-state index contributed by atoms with van der Waals surface area (Å²) in [5.41, 5.74) is -0.403. The molecule has 0 spiro atoms. The Morgan fingerprint density at radius 3 is 1.44 bits per heavy atom. The third kappa shape index (κ3) is 25.6. The molecule has 5 heteroatoms. The van der Waals surface area contributed by atoms with Crippen LogP contribution in [0.4, 0.5) is 0 Å². The summed E-state index contributed by atoms with van der Waals surface area (Å²) in [6, 6.07) is 0. The molecule has 0 fully saturated rings. The Balaban J connectivity index is -0.000000109. The second kappa shape index (κ2) is 10.00. The van der Waals surface area contributed by atoms with Crippen LogP contribution >= 0.6 is 16.3 Å². The smallest absolute Gasteiger partial charge is 0.791 e. The van der Waals surface area contributed by atoms with Gasteiger partial charge in [-0.05, 0) is 20.8 Å². The molecule has 3 nitrogen and oxygen atoms in total. The van der Waals surface area contributed by atoms with E-state index >= 15 is 0 Å². The summed E-state index contributed by atoms with van der Waals surface area (Å²) in [7, 11) is 0. The molecule has 0 saturated carbocycles. The Kier molecular flexibility index (Phi) is 19.1. The van der Waals surface area contributed by atoms with Crippen LogP contribution in [0, 0.1) is 0 Å². The topological polar surface area (TPSA) is 52.5 Å². The van der Waals surface area contributed by atoms with Crippen molar-refractivity contribution in [1.82, 2.24) is 0 Å². The molecule has 9 heavy (non-hydrogen) atoms. The fourth-order valence-electron chi connectivity index (χ4n) is 0. The SMILES string of the molecule is CC(C)(C)OO.[K+].[O-]Br. The van der Waals surface area contributed by atoms with Crippen molar-refractivity contribution in [3.05, 3.63) is 0 Å². The molecule has 0 radical (unpaired) electrons. The molecule has 0 amide bonds. The maximum atomic E-state index is 8.06. The van der Waals surface area contributed by atoms with E-state index in [9.17, 15) is 0 Å². The summed E-state index contributed by atoms with van der Waals surface area (Å²) in [5.74, 6) is 0. The van der Waals surface area contributed by atoms with Gasteiger partial charge in [-0.25, -0.2) is 21.1 Å². The fraction of sp³-hybridized carbons (Fsp3) is 1.00. The maximum Gasteiger partial charge on any atom is 1.00 e. The van der Waals surface area contributed by atoms with Gasteiger partial charge in [0.2, 0.25) is 0 Å². The Morgan fingerprint density at radius 1 is 1.33 bits per heavy atom. The molecule has 0 atom stereocenters.